The Morgan fingerprint density at radius 1 is 1.10 bits per heavy atom. The number of piperazine rings is 1. The summed E-state index contributed by atoms with van der Waals surface area (Å²) in [5.74, 6) is 1.47. The Balaban J connectivity index is 1.34. The highest BCUT2D eigenvalue weighted by atomic mass is 16.5. The van der Waals surface area contributed by atoms with E-state index in [1.165, 1.54) is 18.4 Å². The van der Waals surface area contributed by atoms with E-state index in [0.717, 1.165) is 51.4 Å². The van der Waals surface area contributed by atoms with Crippen molar-refractivity contribution in [2.75, 3.05) is 50.4 Å². The fraction of sp³-hybridized carbons (Fsp3) is 0.571. The SMILES string of the molecule is CCc1ccccc1Nc1nc(N)nc(CN2CCN(CC3CCCO3)CC2)n1. The van der Waals surface area contributed by atoms with Crippen molar-refractivity contribution >= 4 is 17.6 Å². The number of rotatable bonds is 7. The number of anilines is 3. The third-order valence-corrected chi connectivity index (χ3v) is 5.66. The summed E-state index contributed by atoms with van der Waals surface area (Å²) in [5, 5.41) is 3.31. The summed E-state index contributed by atoms with van der Waals surface area (Å²) >= 11 is 0. The van der Waals surface area contributed by atoms with E-state index in [-0.39, 0.29) is 5.95 Å². The summed E-state index contributed by atoms with van der Waals surface area (Å²) in [7, 11) is 0. The summed E-state index contributed by atoms with van der Waals surface area (Å²) in [6.45, 7) is 8.89. The molecule has 29 heavy (non-hydrogen) atoms. The van der Waals surface area contributed by atoms with E-state index < -0.39 is 0 Å². The molecule has 0 amide bonds. The van der Waals surface area contributed by atoms with Gasteiger partial charge in [-0.25, -0.2) is 0 Å². The lowest BCUT2D eigenvalue weighted by molar-refractivity contribution is 0.0484. The molecule has 2 aliphatic heterocycles. The van der Waals surface area contributed by atoms with Gasteiger partial charge in [0.25, 0.3) is 0 Å². The van der Waals surface area contributed by atoms with Crippen LogP contribution in [0.5, 0.6) is 0 Å². The van der Waals surface area contributed by atoms with Gasteiger partial charge in [0.15, 0.2) is 0 Å². The summed E-state index contributed by atoms with van der Waals surface area (Å²) < 4.78 is 5.77. The number of nitrogens with two attached hydrogens (primary N) is 1. The Labute approximate surface area is 172 Å². The zero-order valence-electron chi connectivity index (χ0n) is 17.2. The second-order valence-corrected chi connectivity index (χ2v) is 7.78. The lowest BCUT2D eigenvalue weighted by atomic mass is 10.1. The monoisotopic (exact) mass is 397 g/mol. The number of hydrogen-bond donors (Lipinski definition) is 2. The Bertz CT molecular complexity index is 801. The Morgan fingerprint density at radius 2 is 1.90 bits per heavy atom. The first-order valence-corrected chi connectivity index (χ1v) is 10.6. The first-order valence-electron chi connectivity index (χ1n) is 10.6. The van der Waals surface area contributed by atoms with Crippen LogP contribution in [0.3, 0.4) is 0 Å². The number of aryl methyl sites for hydroxylation is 1. The normalized spacial score (nSPS) is 20.8. The Morgan fingerprint density at radius 3 is 2.66 bits per heavy atom. The van der Waals surface area contributed by atoms with Crippen LogP contribution in [-0.4, -0.2) is 70.2 Å². The molecule has 0 bridgehead atoms. The largest absolute Gasteiger partial charge is 0.377 e. The topological polar surface area (TPSA) is 92.4 Å². The molecule has 0 radical (unpaired) electrons. The molecule has 0 spiro atoms. The van der Waals surface area contributed by atoms with E-state index >= 15 is 0 Å². The molecule has 0 saturated carbocycles. The van der Waals surface area contributed by atoms with Crippen molar-refractivity contribution < 1.29 is 4.74 Å². The van der Waals surface area contributed by atoms with E-state index in [2.05, 4.69) is 43.1 Å². The molecule has 3 N–H and O–H groups in total. The van der Waals surface area contributed by atoms with Gasteiger partial charge in [0.1, 0.15) is 5.82 Å². The molecular formula is C21H31N7O. The third-order valence-electron chi connectivity index (χ3n) is 5.66. The van der Waals surface area contributed by atoms with Crippen LogP contribution in [0.2, 0.25) is 0 Å². The van der Waals surface area contributed by atoms with Crippen molar-refractivity contribution in [3.63, 3.8) is 0 Å². The van der Waals surface area contributed by atoms with Crippen LogP contribution in [0, 0.1) is 0 Å². The molecule has 1 atom stereocenters. The summed E-state index contributed by atoms with van der Waals surface area (Å²) in [4.78, 5) is 18.1. The van der Waals surface area contributed by atoms with Crippen LogP contribution >= 0.6 is 0 Å². The highest BCUT2D eigenvalue weighted by Gasteiger charge is 2.23. The van der Waals surface area contributed by atoms with Gasteiger partial charge in [0.2, 0.25) is 11.9 Å². The maximum Gasteiger partial charge on any atom is 0.232 e. The molecule has 2 fully saturated rings. The van der Waals surface area contributed by atoms with Crippen LogP contribution in [-0.2, 0) is 17.7 Å². The fourth-order valence-electron chi connectivity index (χ4n) is 4.04. The average Bonchev–Trinajstić information content (AvgIpc) is 3.22. The van der Waals surface area contributed by atoms with Gasteiger partial charge in [-0.15, -0.1) is 0 Å². The minimum absolute atomic E-state index is 0.253. The molecule has 2 saturated heterocycles. The van der Waals surface area contributed by atoms with Gasteiger partial charge >= 0.3 is 0 Å². The van der Waals surface area contributed by atoms with E-state index in [9.17, 15) is 0 Å². The predicted octanol–water partition coefficient (Wildman–Crippen LogP) is 2.06. The highest BCUT2D eigenvalue weighted by Crippen LogP contribution is 2.20. The molecule has 156 valence electrons. The van der Waals surface area contributed by atoms with Gasteiger partial charge in [0, 0.05) is 45.0 Å². The van der Waals surface area contributed by atoms with Crippen molar-refractivity contribution in [1.29, 1.82) is 0 Å². The number of nitrogen functional groups attached to an aromatic ring is 1. The molecule has 1 aromatic carbocycles. The molecular weight excluding hydrogens is 366 g/mol. The summed E-state index contributed by atoms with van der Waals surface area (Å²) in [5.41, 5.74) is 8.19. The van der Waals surface area contributed by atoms with Crippen LogP contribution < -0.4 is 11.1 Å². The average molecular weight is 398 g/mol. The quantitative estimate of drug-likeness (QED) is 0.733. The Hall–Kier alpha value is -2.29. The van der Waals surface area contributed by atoms with Gasteiger partial charge in [-0.2, -0.15) is 15.0 Å². The van der Waals surface area contributed by atoms with E-state index in [4.69, 9.17) is 10.5 Å². The van der Waals surface area contributed by atoms with Gasteiger partial charge < -0.3 is 15.8 Å². The first kappa shape index (κ1) is 20.0. The van der Waals surface area contributed by atoms with Gasteiger partial charge in [-0.05, 0) is 30.9 Å². The van der Waals surface area contributed by atoms with Gasteiger partial charge in [0.05, 0.1) is 12.6 Å². The van der Waals surface area contributed by atoms with Crippen molar-refractivity contribution in [2.24, 2.45) is 0 Å². The maximum atomic E-state index is 5.96. The van der Waals surface area contributed by atoms with Crippen molar-refractivity contribution in [1.82, 2.24) is 24.8 Å². The third kappa shape index (κ3) is 5.41. The zero-order chi connectivity index (χ0) is 20.1. The number of nitrogens with zero attached hydrogens (tertiary/aromatic N) is 5. The minimum Gasteiger partial charge on any atom is -0.377 e. The summed E-state index contributed by atoms with van der Waals surface area (Å²) in [6, 6.07) is 8.18. The van der Waals surface area contributed by atoms with Gasteiger partial charge in [-0.3, -0.25) is 9.80 Å². The first-order chi connectivity index (χ1) is 14.2. The van der Waals surface area contributed by atoms with E-state index in [1.807, 2.05) is 18.2 Å². The standard InChI is InChI=1S/C21H31N7O/c1-2-16-6-3-4-8-18(16)23-21-25-19(24-20(22)26-21)15-28-11-9-27(10-12-28)14-17-7-5-13-29-17/h3-4,6,8,17H,2,5,7,9-15H2,1H3,(H3,22,23,24,25,26). The van der Waals surface area contributed by atoms with Crippen molar-refractivity contribution in [2.45, 2.75) is 38.8 Å². The van der Waals surface area contributed by atoms with Crippen molar-refractivity contribution in [3.05, 3.63) is 35.7 Å². The number of nitrogens with one attached hydrogen (secondary N) is 1. The van der Waals surface area contributed by atoms with Gasteiger partial charge in [-0.1, -0.05) is 25.1 Å². The number of hydrogen-bond acceptors (Lipinski definition) is 8. The molecule has 3 heterocycles. The molecule has 8 nitrogen and oxygen atoms in total. The number of ether oxygens (including phenoxy) is 1. The number of aromatic nitrogens is 3. The van der Waals surface area contributed by atoms with Crippen molar-refractivity contribution in [3.8, 4) is 0 Å². The smallest absolute Gasteiger partial charge is 0.232 e. The second kappa shape index (κ2) is 9.47. The summed E-state index contributed by atoms with van der Waals surface area (Å²) in [6.07, 6.45) is 3.75. The van der Waals surface area contributed by atoms with E-state index in [0.29, 0.717) is 24.4 Å². The zero-order valence-corrected chi connectivity index (χ0v) is 17.2. The van der Waals surface area contributed by atoms with E-state index in [1.54, 1.807) is 0 Å². The molecule has 0 aliphatic carbocycles. The highest BCUT2D eigenvalue weighted by molar-refractivity contribution is 5.58. The molecule has 8 heteroatoms. The molecule has 1 aromatic heterocycles. The Kier molecular flexibility index (Phi) is 6.53. The maximum absolute atomic E-state index is 5.96. The number of benzene rings is 1. The molecule has 1 unspecified atom stereocenters. The molecule has 2 aromatic rings. The number of para-hydroxylation sites is 1. The fourth-order valence-corrected chi connectivity index (χ4v) is 4.04. The second-order valence-electron chi connectivity index (χ2n) is 7.78. The minimum atomic E-state index is 0.253. The lowest BCUT2D eigenvalue weighted by Crippen LogP contribution is -2.48. The lowest BCUT2D eigenvalue weighted by Gasteiger charge is -2.35. The van der Waals surface area contributed by atoms with Crippen LogP contribution in [0.25, 0.3) is 0 Å². The molecule has 4 rings (SSSR count). The molecule has 2 aliphatic rings. The van der Waals surface area contributed by atoms with Crippen LogP contribution in [0.4, 0.5) is 17.6 Å². The predicted molar refractivity (Wildman–Crippen MR) is 114 cm³/mol. The van der Waals surface area contributed by atoms with Crippen LogP contribution in [0.15, 0.2) is 24.3 Å². The van der Waals surface area contributed by atoms with Crippen LogP contribution in [0.1, 0.15) is 31.2 Å².